The van der Waals surface area contributed by atoms with Gasteiger partial charge in [0.1, 0.15) is 4.88 Å². The highest BCUT2D eigenvalue weighted by atomic mass is 32.2. The van der Waals surface area contributed by atoms with Crippen LogP contribution < -0.4 is 19.1 Å². The second-order valence-electron chi connectivity index (χ2n) is 6.68. The summed E-state index contributed by atoms with van der Waals surface area (Å²) in [6.45, 7) is 0.282. The zero-order valence-corrected chi connectivity index (χ0v) is 17.2. The van der Waals surface area contributed by atoms with Crippen LogP contribution in [0.15, 0.2) is 71.1 Å². The lowest BCUT2D eigenvalue weighted by molar-refractivity contribution is 0.104. The lowest BCUT2D eigenvalue weighted by atomic mass is 10.2. The van der Waals surface area contributed by atoms with Gasteiger partial charge in [0, 0.05) is 18.0 Å². The first-order valence-electron chi connectivity index (χ1n) is 9.09. The molecule has 0 unspecified atom stereocenters. The van der Waals surface area contributed by atoms with Gasteiger partial charge in [0.05, 0.1) is 12.2 Å². The van der Waals surface area contributed by atoms with Gasteiger partial charge in [-0.05, 0) is 29.1 Å². The number of fused-ring (bicyclic) bond motifs is 2. The molecule has 0 saturated carbocycles. The van der Waals surface area contributed by atoms with E-state index in [1.807, 2.05) is 30.3 Å². The molecule has 3 aromatic rings. The normalized spacial score (nSPS) is 17.8. The minimum Gasteiger partial charge on any atom is -0.454 e. The fourth-order valence-electron chi connectivity index (χ4n) is 3.34. The van der Waals surface area contributed by atoms with E-state index in [0.717, 1.165) is 5.56 Å². The van der Waals surface area contributed by atoms with Crippen LogP contribution in [0.4, 0.5) is 11.4 Å². The van der Waals surface area contributed by atoms with E-state index in [0.29, 0.717) is 27.8 Å². The van der Waals surface area contributed by atoms with Gasteiger partial charge in [-0.2, -0.15) is 0 Å². The van der Waals surface area contributed by atoms with E-state index in [9.17, 15) is 13.2 Å². The molecule has 3 heterocycles. The Morgan fingerprint density at radius 3 is 2.70 bits per heavy atom. The molecule has 152 valence electrons. The first kappa shape index (κ1) is 18.7. The molecule has 0 atom stereocenters. The van der Waals surface area contributed by atoms with Gasteiger partial charge in [-0.3, -0.25) is 9.10 Å². The van der Waals surface area contributed by atoms with Crippen molar-refractivity contribution in [3.05, 3.63) is 81.5 Å². The number of nitrogens with zero attached hydrogens (tertiary/aromatic N) is 1. The topological polar surface area (TPSA) is 84.9 Å². The first-order chi connectivity index (χ1) is 14.5. The molecule has 7 nitrogen and oxygen atoms in total. The Morgan fingerprint density at radius 2 is 1.87 bits per heavy atom. The highest BCUT2D eigenvalue weighted by molar-refractivity contribution is 7.97. The summed E-state index contributed by atoms with van der Waals surface area (Å²) in [6.07, 6.45) is 1.25. The molecule has 0 saturated heterocycles. The zero-order valence-electron chi connectivity index (χ0n) is 15.6. The van der Waals surface area contributed by atoms with Gasteiger partial charge in [0.15, 0.2) is 16.4 Å². The Hall–Kier alpha value is -3.30. The molecule has 30 heavy (non-hydrogen) atoms. The number of rotatable bonds is 4. The van der Waals surface area contributed by atoms with Gasteiger partial charge in [0.25, 0.3) is 10.0 Å². The van der Waals surface area contributed by atoms with E-state index in [4.69, 9.17) is 9.47 Å². The number of sulfonamides is 1. The summed E-state index contributed by atoms with van der Waals surface area (Å²) in [5, 5.41) is 4.64. The Balaban J connectivity index is 1.52. The number of Topliss-reactive ketones (excluding diaryl/α,β-unsaturated/α-hetero) is 1. The number of anilines is 2. The molecule has 0 aliphatic carbocycles. The van der Waals surface area contributed by atoms with E-state index < -0.39 is 15.8 Å². The van der Waals surface area contributed by atoms with Crippen molar-refractivity contribution in [2.24, 2.45) is 0 Å². The number of benzene rings is 2. The van der Waals surface area contributed by atoms with E-state index in [-0.39, 0.29) is 18.2 Å². The maximum atomic E-state index is 13.4. The Kier molecular flexibility index (Phi) is 4.48. The Labute approximate surface area is 177 Å². The largest absolute Gasteiger partial charge is 0.454 e. The predicted molar refractivity (Wildman–Crippen MR) is 114 cm³/mol. The van der Waals surface area contributed by atoms with Crippen LogP contribution in [0, 0.1) is 0 Å². The van der Waals surface area contributed by atoms with Crippen LogP contribution in [0.5, 0.6) is 11.5 Å². The van der Waals surface area contributed by atoms with Gasteiger partial charge in [-0.25, -0.2) is 8.42 Å². The summed E-state index contributed by atoms with van der Waals surface area (Å²) < 4.78 is 38.6. The fourth-order valence-corrected chi connectivity index (χ4v) is 5.82. The molecule has 0 spiro atoms. The Bertz CT molecular complexity index is 1270. The van der Waals surface area contributed by atoms with Crippen molar-refractivity contribution in [1.82, 2.24) is 0 Å². The van der Waals surface area contributed by atoms with Crippen molar-refractivity contribution in [3.63, 3.8) is 0 Å². The molecule has 2 aliphatic rings. The molecule has 9 heteroatoms. The van der Waals surface area contributed by atoms with Crippen LogP contribution in [-0.4, -0.2) is 21.0 Å². The summed E-state index contributed by atoms with van der Waals surface area (Å²) in [5.41, 5.74) is 1.83. The lowest BCUT2D eigenvalue weighted by Crippen LogP contribution is -2.38. The highest BCUT2D eigenvalue weighted by Gasteiger charge is 2.41. The van der Waals surface area contributed by atoms with Crippen molar-refractivity contribution < 1.29 is 22.7 Å². The smallest absolute Gasteiger partial charge is 0.270 e. The van der Waals surface area contributed by atoms with Gasteiger partial charge < -0.3 is 14.8 Å². The zero-order chi connectivity index (χ0) is 20.7. The van der Waals surface area contributed by atoms with Gasteiger partial charge in [-0.1, -0.05) is 30.3 Å². The molecule has 0 amide bonds. The predicted octanol–water partition coefficient (Wildman–Crippen LogP) is 3.96. The van der Waals surface area contributed by atoms with Crippen LogP contribution in [-0.2, 0) is 16.6 Å². The average Bonchev–Trinajstić information content (AvgIpc) is 3.41. The SMILES string of the molecule is O=C1C(=CNc2ccc3c(c2)OCO3)S(=O)(=O)N(Cc2ccccc2)c2ccsc21. The maximum Gasteiger partial charge on any atom is 0.270 e. The van der Waals surface area contributed by atoms with Gasteiger partial charge in [-0.15, -0.1) is 11.3 Å². The van der Waals surface area contributed by atoms with Gasteiger partial charge in [0.2, 0.25) is 12.6 Å². The summed E-state index contributed by atoms with van der Waals surface area (Å²) in [7, 11) is -4.04. The Morgan fingerprint density at radius 1 is 1.07 bits per heavy atom. The van der Waals surface area contributed by atoms with Crippen molar-refractivity contribution in [2.45, 2.75) is 6.54 Å². The van der Waals surface area contributed by atoms with E-state index >= 15 is 0 Å². The highest BCUT2D eigenvalue weighted by Crippen LogP contribution is 2.40. The molecule has 1 aromatic heterocycles. The second kappa shape index (κ2) is 7.19. The summed E-state index contributed by atoms with van der Waals surface area (Å²) in [4.78, 5) is 13.1. The van der Waals surface area contributed by atoms with Crippen LogP contribution in [0.2, 0.25) is 0 Å². The number of thiophene rings is 1. The van der Waals surface area contributed by atoms with Crippen molar-refractivity contribution >= 4 is 38.5 Å². The molecule has 2 aromatic carbocycles. The van der Waals surface area contributed by atoms with Crippen LogP contribution in [0.25, 0.3) is 0 Å². The third-order valence-corrected chi connectivity index (χ3v) is 7.49. The minimum absolute atomic E-state index is 0.140. The fraction of sp³-hybridized carbons (Fsp3) is 0.0952. The number of nitrogens with one attached hydrogen (secondary N) is 1. The van der Waals surface area contributed by atoms with Crippen molar-refractivity contribution in [1.29, 1.82) is 0 Å². The number of hydrogen-bond acceptors (Lipinski definition) is 7. The summed E-state index contributed by atoms with van der Waals surface area (Å²) in [6, 6.07) is 16.1. The number of hydrogen-bond donors (Lipinski definition) is 1. The van der Waals surface area contributed by atoms with Crippen LogP contribution in [0.1, 0.15) is 15.2 Å². The standard InChI is InChI=1S/C21H16N2O5S2/c24-20-19(11-22-15-6-7-17-18(10-15)28-13-27-17)30(25,26)23(16-8-9-29-21(16)20)12-14-4-2-1-3-5-14/h1-11,22H,12-13H2. The van der Waals surface area contributed by atoms with Crippen molar-refractivity contribution in [2.75, 3.05) is 16.4 Å². The van der Waals surface area contributed by atoms with Gasteiger partial charge >= 0.3 is 0 Å². The molecular weight excluding hydrogens is 424 g/mol. The van der Waals surface area contributed by atoms with E-state index in [1.165, 1.54) is 21.8 Å². The number of carbonyl (C=O) groups excluding carboxylic acids is 1. The van der Waals surface area contributed by atoms with E-state index in [1.54, 1.807) is 29.6 Å². The molecular formula is C21H16N2O5S2. The number of ketones is 1. The number of carbonyl (C=O) groups is 1. The monoisotopic (exact) mass is 440 g/mol. The third-order valence-electron chi connectivity index (χ3n) is 4.82. The average molecular weight is 441 g/mol. The quantitative estimate of drug-likeness (QED) is 0.618. The molecule has 0 bridgehead atoms. The third kappa shape index (κ3) is 3.12. The van der Waals surface area contributed by atoms with Crippen LogP contribution in [0.3, 0.4) is 0 Å². The maximum absolute atomic E-state index is 13.4. The first-order valence-corrected chi connectivity index (χ1v) is 11.4. The molecule has 0 fully saturated rings. The molecule has 0 radical (unpaired) electrons. The summed E-state index contributed by atoms with van der Waals surface area (Å²) in [5.74, 6) is 0.659. The summed E-state index contributed by atoms with van der Waals surface area (Å²) >= 11 is 1.23. The molecule has 2 aliphatic heterocycles. The molecule has 1 N–H and O–H groups in total. The minimum atomic E-state index is -4.04. The lowest BCUT2D eigenvalue weighted by Gasteiger charge is -2.29. The second-order valence-corrected chi connectivity index (χ2v) is 9.43. The molecule has 5 rings (SSSR count). The van der Waals surface area contributed by atoms with Crippen LogP contribution >= 0.6 is 11.3 Å². The number of ether oxygens (including phenoxy) is 2. The number of allylic oxidation sites excluding steroid dienone is 1. The van der Waals surface area contributed by atoms with Crippen molar-refractivity contribution in [3.8, 4) is 11.5 Å². The van der Waals surface area contributed by atoms with E-state index in [2.05, 4.69) is 5.32 Å².